The van der Waals surface area contributed by atoms with Crippen molar-refractivity contribution in [1.29, 1.82) is 5.26 Å². The van der Waals surface area contributed by atoms with Crippen molar-refractivity contribution in [2.75, 3.05) is 23.8 Å². The molecule has 92 valence electrons. The minimum absolute atomic E-state index is 0.147. The highest BCUT2D eigenvalue weighted by molar-refractivity contribution is 5.42. The Kier molecular flexibility index (Phi) is 5.21. The zero-order chi connectivity index (χ0) is 12.7. The predicted octanol–water partition coefficient (Wildman–Crippen LogP) is 2.04. The summed E-state index contributed by atoms with van der Waals surface area (Å²) >= 11 is 0. The predicted molar refractivity (Wildman–Crippen MR) is 68.9 cm³/mol. The molecule has 0 spiro atoms. The first-order valence-corrected chi connectivity index (χ1v) is 5.85. The molecule has 5 nitrogen and oxygen atoms in total. The molecule has 0 fully saturated rings. The molecule has 1 N–H and O–H groups in total. The average molecular weight is 233 g/mol. The molecule has 0 radical (unpaired) electrons. The SMILES string of the molecule is CCCNc1nccc(N(C)C(C)CC#N)n1. The summed E-state index contributed by atoms with van der Waals surface area (Å²) in [6.07, 6.45) is 3.25. The van der Waals surface area contributed by atoms with E-state index in [0.29, 0.717) is 12.4 Å². The summed E-state index contributed by atoms with van der Waals surface area (Å²) in [5, 5.41) is 11.8. The number of hydrogen-bond donors (Lipinski definition) is 1. The van der Waals surface area contributed by atoms with Crippen LogP contribution in [0.25, 0.3) is 0 Å². The Balaban J connectivity index is 2.73. The van der Waals surface area contributed by atoms with Gasteiger partial charge in [0.2, 0.25) is 5.95 Å². The third-order valence-corrected chi connectivity index (χ3v) is 2.58. The number of rotatable bonds is 6. The van der Waals surface area contributed by atoms with E-state index in [2.05, 4.69) is 28.3 Å². The Morgan fingerprint density at radius 3 is 3.00 bits per heavy atom. The van der Waals surface area contributed by atoms with Gasteiger partial charge in [-0.2, -0.15) is 10.2 Å². The largest absolute Gasteiger partial charge is 0.356 e. The molecule has 1 aromatic heterocycles. The third kappa shape index (κ3) is 3.91. The summed E-state index contributed by atoms with van der Waals surface area (Å²) < 4.78 is 0. The summed E-state index contributed by atoms with van der Waals surface area (Å²) in [4.78, 5) is 10.5. The van der Waals surface area contributed by atoms with E-state index < -0.39 is 0 Å². The second kappa shape index (κ2) is 6.69. The highest BCUT2D eigenvalue weighted by atomic mass is 15.2. The van der Waals surface area contributed by atoms with Crippen LogP contribution in [0, 0.1) is 11.3 Å². The first-order chi connectivity index (χ1) is 8.19. The number of nitrogens with zero attached hydrogens (tertiary/aromatic N) is 4. The average Bonchev–Trinajstić information content (AvgIpc) is 2.36. The Bertz CT molecular complexity index is 385. The topological polar surface area (TPSA) is 64.8 Å². The van der Waals surface area contributed by atoms with Crippen molar-refractivity contribution in [2.24, 2.45) is 0 Å². The van der Waals surface area contributed by atoms with Gasteiger partial charge in [0.25, 0.3) is 0 Å². The van der Waals surface area contributed by atoms with E-state index in [1.807, 2.05) is 24.9 Å². The fourth-order valence-electron chi connectivity index (χ4n) is 1.36. The van der Waals surface area contributed by atoms with E-state index in [0.717, 1.165) is 18.8 Å². The van der Waals surface area contributed by atoms with Crippen LogP contribution in [0.1, 0.15) is 26.7 Å². The van der Waals surface area contributed by atoms with Crippen LogP contribution in [0.15, 0.2) is 12.3 Å². The van der Waals surface area contributed by atoms with Crippen molar-refractivity contribution < 1.29 is 0 Å². The lowest BCUT2D eigenvalue weighted by Gasteiger charge is -2.24. The van der Waals surface area contributed by atoms with Crippen molar-refractivity contribution in [1.82, 2.24) is 9.97 Å². The van der Waals surface area contributed by atoms with Gasteiger partial charge >= 0.3 is 0 Å². The van der Waals surface area contributed by atoms with E-state index in [4.69, 9.17) is 5.26 Å². The molecular formula is C12H19N5. The summed E-state index contributed by atoms with van der Waals surface area (Å²) in [5.41, 5.74) is 0. The standard InChI is InChI=1S/C12H19N5/c1-4-8-14-12-15-9-6-11(16-12)17(3)10(2)5-7-13/h6,9-10H,4-5,8H2,1-3H3,(H,14,15,16). The van der Waals surface area contributed by atoms with Gasteiger partial charge in [-0.1, -0.05) is 6.92 Å². The van der Waals surface area contributed by atoms with Crippen molar-refractivity contribution in [3.63, 3.8) is 0 Å². The van der Waals surface area contributed by atoms with E-state index >= 15 is 0 Å². The first kappa shape index (κ1) is 13.2. The highest BCUT2D eigenvalue weighted by Gasteiger charge is 2.11. The fraction of sp³-hybridized carbons (Fsp3) is 0.583. The monoisotopic (exact) mass is 233 g/mol. The van der Waals surface area contributed by atoms with Crippen LogP contribution in [0.3, 0.4) is 0 Å². The molecule has 0 bridgehead atoms. The second-order valence-corrected chi connectivity index (χ2v) is 3.99. The molecular weight excluding hydrogens is 214 g/mol. The molecule has 0 aliphatic heterocycles. The lowest BCUT2D eigenvalue weighted by atomic mass is 10.2. The maximum absolute atomic E-state index is 8.68. The Hall–Kier alpha value is -1.83. The lowest BCUT2D eigenvalue weighted by molar-refractivity contribution is 0.693. The molecule has 1 rings (SSSR count). The smallest absolute Gasteiger partial charge is 0.224 e. The molecule has 1 aromatic rings. The zero-order valence-electron chi connectivity index (χ0n) is 10.6. The van der Waals surface area contributed by atoms with E-state index in [1.54, 1.807) is 6.20 Å². The number of nitriles is 1. The number of nitrogens with one attached hydrogen (secondary N) is 1. The molecule has 0 aromatic carbocycles. The molecule has 1 atom stereocenters. The van der Waals surface area contributed by atoms with Crippen molar-refractivity contribution in [3.8, 4) is 6.07 Å². The van der Waals surface area contributed by atoms with Crippen LogP contribution in [0.2, 0.25) is 0 Å². The zero-order valence-corrected chi connectivity index (χ0v) is 10.6. The van der Waals surface area contributed by atoms with Gasteiger partial charge < -0.3 is 10.2 Å². The second-order valence-electron chi connectivity index (χ2n) is 3.99. The molecule has 0 aliphatic carbocycles. The van der Waals surface area contributed by atoms with Crippen molar-refractivity contribution >= 4 is 11.8 Å². The first-order valence-electron chi connectivity index (χ1n) is 5.85. The molecule has 5 heteroatoms. The van der Waals surface area contributed by atoms with Crippen LogP contribution in [0.5, 0.6) is 0 Å². The van der Waals surface area contributed by atoms with Crippen LogP contribution in [-0.2, 0) is 0 Å². The molecule has 1 unspecified atom stereocenters. The Labute approximate surface area is 102 Å². The Morgan fingerprint density at radius 1 is 1.59 bits per heavy atom. The van der Waals surface area contributed by atoms with Crippen molar-refractivity contribution in [3.05, 3.63) is 12.3 Å². The fourth-order valence-corrected chi connectivity index (χ4v) is 1.36. The van der Waals surface area contributed by atoms with Gasteiger partial charge in [0.05, 0.1) is 12.5 Å². The number of hydrogen-bond acceptors (Lipinski definition) is 5. The van der Waals surface area contributed by atoms with Gasteiger partial charge in [0.1, 0.15) is 5.82 Å². The minimum Gasteiger partial charge on any atom is -0.356 e. The van der Waals surface area contributed by atoms with Crippen LogP contribution in [-0.4, -0.2) is 29.6 Å². The van der Waals surface area contributed by atoms with Crippen LogP contribution >= 0.6 is 0 Å². The van der Waals surface area contributed by atoms with Gasteiger partial charge in [-0.25, -0.2) is 4.98 Å². The lowest BCUT2D eigenvalue weighted by Crippen LogP contribution is -2.29. The molecule has 0 aliphatic rings. The molecule has 17 heavy (non-hydrogen) atoms. The molecule has 0 amide bonds. The van der Waals surface area contributed by atoms with Crippen molar-refractivity contribution in [2.45, 2.75) is 32.7 Å². The molecule has 1 heterocycles. The van der Waals surface area contributed by atoms with E-state index in [9.17, 15) is 0 Å². The molecule has 0 saturated heterocycles. The van der Waals surface area contributed by atoms with Crippen LogP contribution < -0.4 is 10.2 Å². The van der Waals surface area contributed by atoms with E-state index in [-0.39, 0.29) is 6.04 Å². The van der Waals surface area contributed by atoms with Crippen LogP contribution in [0.4, 0.5) is 11.8 Å². The quantitative estimate of drug-likeness (QED) is 0.814. The maximum Gasteiger partial charge on any atom is 0.224 e. The summed E-state index contributed by atoms with van der Waals surface area (Å²) in [5.74, 6) is 1.47. The molecule has 0 saturated carbocycles. The van der Waals surface area contributed by atoms with Gasteiger partial charge in [0, 0.05) is 25.8 Å². The third-order valence-electron chi connectivity index (χ3n) is 2.58. The van der Waals surface area contributed by atoms with Gasteiger partial charge in [-0.15, -0.1) is 0 Å². The summed E-state index contributed by atoms with van der Waals surface area (Å²) in [7, 11) is 1.94. The van der Waals surface area contributed by atoms with E-state index in [1.165, 1.54) is 0 Å². The maximum atomic E-state index is 8.68. The van der Waals surface area contributed by atoms with Gasteiger partial charge in [-0.3, -0.25) is 0 Å². The normalized spacial score (nSPS) is 11.6. The number of anilines is 2. The minimum atomic E-state index is 0.147. The van der Waals surface area contributed by atoms with Gasteiger partial charge in [-0.05, 0) is 19.4 Å². The van der Waals surface area contributed by atoms with Gasteiger partial charge in [0.15, 0.2) is 0 Å². The highest BCUT2D eigenvalue weighted by Crippen LogP contribution is 2.14. The summed E-state index contributed by atoms with van der Waals surface area (Å²) in [6.45, 7) is 4.96. The Morgan fingerprint density at radius 2 is 2.35 bits per heavy atom. The summed E-state index contributed by atoms with van der Waals surface area (Å²) in [6, 6.07) is 4.17. The number of aromatic nitrogens is 2.